The summed E-state index contributed by atoms with van der Waals surface area (Å²) in [7, 11) is 0. The molecule has 0 spiro atoms. The highest BCUT2D eigenvalue weighted by Gasteiger charge is 2.37. The summed E-state index contributed by atoms with van der Waals surface area (Å²) < 4.78 is 0. The van der Waals surface area contributed by atoms with Crippen LogP contribution in [0.1, 0.15) is 32.6 Å². The van der Waals surface area contributed by atoms with E-state index < -0.39 is 0 Å². The zero-order chi connectivity index (χ0) is 9.42. The molecule has 1 saturated heterocycles. The van der Waals surface area contributed by atoms with Crippen LogP contribution in [0.5, 0.6) is 0 Å². The summed E-state index contributed by atoms with van der Waals surface area (Å²) in [6.07, 6.45) is 4.58. The van der Waals surface area contributed by atoms with Crippen LogP contribution in [0.4, 0.5) is 0 Å². The molecule has 2 fully saturated rings. The number of hydrogen-bond acceptors (Lipinski definition) is 2. The first kappa shape index (κ1) is 9.00. The van der Waals surface area contributed by atoms with E-state index in [4.69, 9.17) is 5.73 Å². The lowest BCUT2D eigenvalue weighted by molar-refractivity contribution is -0.133. The zero-order valence-corrected chi connectivity index (χ0v) is 8.20. The van der Waals surface area contributed by atoms with Gasteiger partial charge in [-0.1, -0.05) is 0 Å². The Bertz CT molecular complexity index is 213. The zero-order valence-electron chi connectivity index (χ0n) is 8.20. The third-order valence-corrected chi connectivity index (χ3v) is 3.25. The first-order valence-corrected chi connectivity index (χ1v) is 5.26. The Labute approximate surface area is 79.3 Å². The number of carbonyl (C=O) groups is 1. The average molecular weight is 182 g/mol. The van der Waals surface area contributed by atoms with Crippen molar-refractivity contribution in [2.45, 2.75) is 44.7 Å². The fourth-order valence-corrected chi connectivity index (χ4v) is 2.11. The molecule has 0 aromatic heterocycles. The quantitative estimate of drug-likeness (QED) is 0.684. The van der Waals surface area contributed by atoms with E-state index in [1.165, 1.54) is 0 Å². The molecule has 2 N–H and O–H groups in total. The fraction of sp³-hybridized carbons (Fsp3) is 0.900. The van der Waals surface area contributed by atoms with E-state index in [9.17, 15) is 4.79 Å². The van der Waals surface area contributed by atoms with Crippen LogP contribution in [-0.2, 0) is 4.79 Å². The summed E-state index contributed by atoms with van der Waals surface area (Å²) in [6.45, 7) is 3.03. The molecular formula is C10H18N2O. The smallest absolute Gasteiger partial charge is 0.240 e. The summed E-state index contributed by atoms with van der Waals surface area (Å²) in [5, 5.41) is 0. The average Bonchev–Trinajstić information content (AvgIpc) is 2.87. The molecule has 0 aromatic rings. The van der Waals surface area contributed by atoms with Crippen molar-refractivity contribution in [3.05, 3.63) is 0 Å². The van der Waals surface area contributed by atoms with Crippen molar-refractivity contribution < 1.29 is 4.79 Å². The Morgan fingerprint density at radius 1 is 1.46 bits per heavy atom. The van der Waals surface area contributed by atoms with Crippen LogP contribution >= 0.6 is 0 Å². The largest absolute Gasteiger partial charge is 0.339 e. The predicted octanol–water partition coefficient (Wildman–Crippen LogP) is 0.735. The first-order chi connectivity index (χ1) is 6.20. The van der Waals surface area contributed by atoms with Crippen molar-refractivity contribution in [3.63, 3.8) is 0 Å². The number of amides is 1. The van der Waals surface area contributed by atoms with Crippen molar-refractivity contribution >= 4 is 5.91 Å². The van der Waals surface area contributed by atoms with Crippen LogP contribution in [0.3, 0.4) is 0 Å². The van der Waals surface area contributed by atoms with Crippen molar-refractivity contribution in [2.24, 2.45) is 11.7 Å². The third-order valence-electron chi connectivity index (χ3n) is 3.25. The van der Waals surface area contributed by atoms with Crippen molar-refractivity contribution in [2.75, 3.05) is 6.54 Å². The molecule has 74 valence electrons. The lowest BCUT2D eigenvalue weighted by atomic mass is 10.1. The Hall–Kier alpha value is -0.570. The molecule has 3 nitrogen and oxygen atoms in total. The second kappa shape index (κ2) is 3.29. The Kier molecular flexibility index (Phi) is 2.28. The normalized spacial score (nSPS) is 30.6. The summed E-state index contributed by atoms with van der Waals surface area (Å²) in [5.41, 5.74) is 5.87. The first-order valence-electron chi connectivity index (χ1n) is 5.26. The van der Waals surface area contributed by atoms with Gasteiger partial charge in [-0.3, -0.25) is 4.79 Å². The van der Waals surface area contributed by atoms with Crippen LogP contribution in [-0.4, -0.2) is 29.4 Å². The molecular weight excluding hydrogens is 164 g/mol. The minimum atomic E-state index is -0.208. The van der Waals surface area contributed by atoms with Gasteiger partial charge in [0, 0.05) is 12.6 Å². The lowest BCUT2D eigenvalue weighted by Gasteiger charge is -2.24. The summed E-state index contributed by atoms with van der Waals surface area (Å²) in [6, 6.07) is 0.206. The summed E-state index contributed by atoms with van der Waals surface area (Å²) >= 11 is 0. The monoisotopic (exact) mass is 182 g/mol. The Morgan fingerprint density at radius 3 is 2.62 bits per heavy atom. The topological polar surface area (TPSA) is 46.3 Å². The molecule has 1 aliphatic carbocycles. The number of rotatable bonds is 2. The van der Waals surface area contributed by atoms with Gasteiger partial charge in [-0.15, -0.1) is 0 Å². The van der Waals surface area contributed by atoms with Gasteiger partial charge >= 0.3 is 0 Å². The minimum absolute atomic E-state index is 0.188. The van der Waals surface area contributed by atoms with Crippen molar-refractivity contribution in [1.29, 1.82) is 0 Å². The Morgan fingerprint density at radius 2 is 2.15 bits per heavy atom. The highest BCUT2D eigenvalue weighted by molar-refractivity contribution is 5.82. The maximum absolute atomic E-state index is 11.8. The fourth-order valence-electron chi connectivity index (χ4n) is 2.11. The van der Waals surface area contributed by atoms with E-state index in [0.29, 0.717) is 12.0 Å². The van der Waals surface area contributed by atoms with Crippen molar-refractivity contribution in [3.8, 4) is 0 Å². The molecule has 1 aliphatic heterocycles. The van der Waals surface area contributed by atoms with Gasteiger partial charge in [-0.05, 0) is 38.5 Å². The molecule has 0 aromatic carbocycles. The van der Waals surface area contributed by atoms with Gasteiger partial charge in [0.15, 0.2) is 0 Å². The number of nitrogens with zero attached hydrogens (tertiary/aromatic N) is 1. The molecule has 1 saturated carbocycles. The molecule has 2 rings (SSSR count). The van der Waals surface area contributed by atoms with E-state index in [2.05, 4.69) is 6.92 Å². The number of likely N-dealkylation sites (tertiary alicyclic amines) is 1. The van der Waals surface area contributed by atoms with Crippen LogP contribution in [0.15, 0.2) is 0 Å². The summed E-state index contributed by atoms with van der Waals surface area (Å²) in [4.78, 5) is 13.8. The van der Waals surface area contributed by atoms with Crippen molar-refractivity contribution in [1.82, 2.24) is 4.90 Å². The van der Waals surface area contributed by atoms with Gasteiger partial charge in [0.05, 0.1) is 6.04 Å². The van der Waals surface area contributed by atoms with E-state index in [1.54, 1.807) is 0 Å². The number of carbonyl (C=O) groups excluding carboxylic acids is 1. The van der Waals surface area contributed by atoms with Crippen LogP contribution in [0.2, 0.25) is 0 Å². The standard InChI is InChI=1S/C10H18N2O/c1-7-3-2-6-12(7)10(13)9(11)8-4-5-8/h7-9H,2-6,11H2,1H3. The molecule has 0 radical (unpaired) electrons. The van der Waals surface area contributed by atoms with Crippen LogP contribution < -0.4 is 5.73 Å². The maximum atomic E-state index is 11.8. The second-order valence-electron chi connectivity index (χ2n) is 4.39. The molecule has 13 heavy (non-hydrogen) atoms. The molecule has 3 heteroatoms. The van der Waals surface area contributed by atoms with Gasteiger partial charge in [-0.25, -0.2) is 0 Å². The molecule has 2 unspecified atom stereocenters. The predicted molar refractivity (Wildman–Crippen MR) is 51.1 cm³/mol. The summed E-state index contributed by atoms with van der Waals surface area (Å²) in [5.74, 6) is 0.674. The van der Waals surface area contributed by atoms with Crippen LogP contribution in [0.25, 0.3) is 0 Å². The van der Waals surface area contributed by atoms with E-state index >= 15 is 0 Å². The maximum Gasteiger partial charge on any atom is 0.240 e. The number of hydrogen-bond donors (Lipinski definition) is 1. The van der Waals surface area contributed by atoms with Gasteiger partial charge in [0.2, 0.25) is 5.91 Å². The molecule has 2 atom stereocenters. The highest BCUT2D eigenvalue weighted by atomic mass is 16.2. The minimum Gasteiger partial charge on any atom is -0.339 e. The number of nitrogens with two attached hydrogens (primary N) is 1. The molecule has 1 heterocycles. The molecule has 1 amide bonds. The van der Waals surface area contributed by atoms with Gasteiger partial charge in [0.25, 0.3) is 0 Å². The lowest BCUT2D eigenvalue weighted by Crippen LogP contribution is -2.46. The van der Waals surface area contributed by atoms with Crippen LogP contribution in [0, 0.1) is 5.92 Å². The second-order valence-corrected chi connectivity index (χ2v) is 4.39. The Balaban J connectivity index is 1.94. The van der Waals surface area contributed by atoms with E-state index in [-0.39, 0.29) is 11.9 Å². The SMILES string of the molecule is CC1CCCN1C(=O)C(N)C1CC1. The van der Waals surface area contributed by atoms with E-state index in [0.717, 1.165) is 32.2 Å². The van der Waals surface area contributed by atoms with Gasteiger partial charge in [-0.2, -0.15) is 0 Å². The highest BCUT2D eigenvalue weighted by Crippen LogP contribution is 2.33. The third kappa shape index (κ3) is 1.70. The van der Waals surface area contributed by atoms with Gasteiger partial charge < -0.3 is 10.6 Å². The molecule has 2 aliphatic rings. The van der Waals surface area contributed by atoms with Gasteiger partial charge in [0.1, 0.15) is 0 Å². The molecule has 0 bridgehead atoms. The van der Waals surface area contributed by atoms with E-state index in [1.807, 2.05) is 4.90 Å².